The number of carbonyl (C=O) groups excluding carboxylic acids is 2. The molecule has 2 aromatic carbocycles. The van der Waals surface area contributed by atoms with Gasteiger partial charge in [-0.15, -0.1) is 0 Å². The second-order valence-electron chi connectivity index (χ2n) is 5.02. The van der Waals surface area contributed by atoms with Crippen molar-refractivity contribution in [2.75, 3.05) is 6.61 Å². The van der Waals surface area contributed by atoms with E-state index >= 15 is 0 Å². The van der Waals surface area contributed by atoms with Crippen LogP contribution in [0.2, 0.25) is 0 Å². The lowest BCUT2D eigenvalue weighted by molar-refractivity contribution is 0.0728. The number of hydrogen-bond acceptors (Lipinski definition) is 4. The number of halogens is 1. The highest BCUT2D eigenvalue weighted by Gasteiger charge is 2.18. The van der Waals surface area contributed by atoms with E-state index in [1.807, 2.05) is 13.8 Å². The zero-order valence-corrected chi connectivity index (χ0v) is 14.8. The highest BCUT2D eigenvalue weighted by atomic mass is 79.9. The fraction of sp³-hybridized carbons (Fsp3) is 0.222. The molecule has 2 aromatic rings. The molecule has 0 aliphatic heterocycles. The minimum atomic E-state index is -0.567. The van der Waals surface area contributed by atoms with Crippen LogP contribution in [0.1, 0.15) is 40.1 Å². The molecule has 23 heavy (non-hydrogen) atoms. The minimum absolute atomic E-state index is 0.160. The van der Waals surface area contributed by atoms with E-state index in [0.717, 1.165) is 10.0 Å². The molecule has 120 valence electrons. The molecule has 0 saturated carbocycles. The van der Waals surface area contributed by atoms with Gasteiger partial charge in [-0.3, -0.25) is 4.79 Å². The number of hydrogen-bond donors (Lipinski definition) is 0. The number of rotatable bonds is 5. The van der Waals surface area contributed by atoms with Crippen LogP contribution in [0.15, 0.2) is 40.9 Å². The first-order chi connectivity index (χ1) is 10.9. The zero-order chi connectivity index (χ0) is 17.0. The van der Waals surface area contributed by atoms with Crippen molar-refractivity contribution < 1.29 is 19.1 Å². The highest BCUT2D eigenvalue weighted by molar-refractivity contribution is 9.10. The van der Waals surface area contributed by atoms with E-state index in [9.17, 15) is 9.59 Å². The quantitative estimate of drug-likeness (QED) is 0.435. The van der Waals surface area contributed by atoms with Gasteiger partial charge in [-0.2, -0.15) is 0 Å². The summed E-state index contributed by atoms with van der Waals surface area (Å²) in [5, 5.41) is 0. The molecule has 0 aliphatic carbocycles. The Morgan fingerprint density at radius 1 is 1.04 bits per heavy atom. The lowest BCUT2D eigenvalue weighted by Crippen LogP contribution is -2.13. The van der Waals surface area contributed by atoms with Crippen LogP contribution in [0.25, 0.3) is 0 Å². The predicted molar refractivity (Wildman–Crippen MR) is 91.5 cm³/mol. The second-order valence-corrected chi connectivity index (χ2v) is 5.93. The molecule has 0 aromatic heterocycles. The molecule has 0 N–H and O–H groups in total. The fourth-order valence-electron chi connectivity index (χ4n) is 2.10. The predicted octanol–water partition coefficient (Wildman–Crippen LogP) is 4.58. The summed E-state index contributed by atoms with van der Waals surface area (Å²) in [7, 11) is 0. The van der Waals surface area contributed by atoms with Gasteiger partial charge < -0.3 is 9.47 Å². The van der Waals surface area contributed by atoms with Crippen molar-refractivity contribution in [2.45, 2.75) is 20.8 Å². The molecule has 0 spiro atoms. The van der Waals surface area contributed by atoms with Crippen molar-refractivity contribution >= 4 is 27.7 Å². The first kappa shape index (κ1) is 17.2. The monoisotopic (exact) mass is 376 g/mol. The summed E-state index contributed by atoms with van der Waals surface area (Å²) in [5.74, 6) is -0.0300. The van der Waals surface area contributed by atoms with Crippen LogP contribution in [0, 0.1) is 6.92 Å². The topological polar surface area (TPSA) is 52.6 Å². The molecule has 0 aliphatic rings. The van der Waals surface area contributed by atoms with Gasteiger partial charge in [-0.05, 0) is 56.7 Å². The van der Waals surface area contributed by atoms with Gasteiger partial charge in [0.1, 0.15) is 17.1 Å². The van der Waals surface area contributed by atoms with Crippen molar-refractivity contribution in [2.24, 2.45) is 0 Å². The van der Waals surface area contributed by atoms with Gasteiger partial charge in [0.05, 0.1) is 12.2 Å². The Labute approximate surface area is 143 Å². The number of aryl methyl sites for hydroxylation is 1. The van der Waals surface area contributed by atoms with Crippen LogP contribution in [0.4, 0.5) is 0 Å². The number of ketones is 1. The van der Waals surface area contributed by atoms with Gasteiger partial charge in [0, 0.05) is 4.47 Å². The van der Waals surface area contributed by atoms with Crippen LogP contribution in [-0.4, -0.2) is 18.4 Å². The van der Waals surface area contributed by atoms with E-state index in [2.05, 4.69) is 15.9 Å². The molecule has 0 radical (unpaired) electrons. The standard InChI is InChI=1S/C18H17BrO4/c1-4-22-16-8-6-13(19)10-15(16)18(21)23-17-9-11(2)5-7-14(17)12(3)20/h5-10H,4H2,1-3H3. The maximum absolute atomic E-state index is 12.5. The van der Waals surface area contributed by atoms with Crippen molar-refractivity contribution in [3.05, 3.63) is 57.6 Å². The van der Waals surface area contributed by atoms with E-state index in [0.29, 0.717) is 23.5 Å². The third kappa shape index (κ3) is 4.20. The molecule has 0 saturated heterocycles. The SMILES string of the molecule is CCOc1ccc(Br)cc1C(=O)Oc1cc(C)ccc1C(C)=O. The smallest absolute Gasteiger partial charge is 0.347 e. The zero-order valence-electron chi connectivity index (χ0n) is 13.2. The van der Waals surface area contributed by atoms with E-state index in [1.165, 1.54) is 6.92 Å². The van der Waals surface area contributed by atoms with Crippen LogP contribution < -0.4 is 9.47 Å². The summed E-state index contributed by atoms with van der Waals surface area (Å²) >= 11 is 3.33. The van der Waals surface area contributed by atoms with Gasteiger partial charge >= 0.3 is 5.97 Å². The third-order valence-corrected chi connectivity index (χ3v) is 3.67. The number of Topliss-reactive ketones (excluding diaryl/α,β-unsaturated/α-hetero) is 1. The maximum atomic E-state index is 12.5. The van der Waals surface area contributed by atoms with Gasteiger partial charge in [0.15, 0.2) is 5.78 Å². The summed E-state index contributed by atoms with van der Waals surface area (Å²) in [6.45, 7) is 5.58. The Kier molecular flexibility index (Phi) is 5.55. The van der Waals surface area contributed by atoms with Crippen molar-refractivity contribution in [3.63, 3.8) is 0 Å². The summed E-state index contributed by atoms with van der Waals surface area (Å²) in [6.07, 6.45) is 0. The average molecular weight is 377 g/mol. The molecule has 0 bridgehead atoms. The molecule has 4 nitrogen and oxygen atoms in total. The summed E-state index contributed by atoms with van der Waals surface area (Å²) < 4.78 is 11.7. The van der Waals surface area contributed by atoms with Gasteiger partial charge in [0.25, 0.3) is 0 Å². The first-order valence-corrected chi connectivity index (χ1v) is 7.97. The van der Waals surface area contributed by atoms with E-state index in [1.54, 1.807) is 36.4 Å². The first-order valence-electron chi connectivity index (χ1n) is 7.18. The number of ether oxygens (including phenoxy) is 2. The molecular formula is C18H17BrO4. The number of esters is 1. The van der Waals surface area contributed by atoms with E-state index in [-0.39, 0.29) is 11.5 Å². The molecule has 0 unspecified atom stereocenters. The Bertz CT molecular complexity index is 753. The molecule has 0 heterocycles. The Morgan fingerprint density at radius 3 is 2.43 bits per heavy atom. The van der Waals surface area contributed by atoms with Gasteiger partial charge in [-0.1, -0.05) is 22.0 Å². The van der Waals surface area contributed by atoms with Crippen LogP contribution in [0.5, 0.6) is 11.5 Å². The highest BCUT2D eigenvalue weighted by Crippen LogP contribution is 2.27. The largest absolute Gasteiger partial charge is 0.493 e. The normalized spacial score (nSPS) is 10.3. The molecule has 0 fully saturated rings. The lowest BCUT2D eigenvalue weighted by Gasteiger charge is -2.12. The van der Waals surface area contributed by atoms with Crippen LogP contribution in [-0.2, 0) is 0 Å². The fourth-order valence-corrected chi connectivity index (χ4v) is 2.46. The van der Waals surface area contributed by atoms with Crippen molar-refractivity contribution in [1.82, 2.24) is 0 Å². The molecule has 5 heteroatoms. The summed E-state index contributed by atoms with van der Waals surface area (Å²) in [6, 6.07) is 10.3. The summed E-state index contributed by atoms with van der Waals surface area (Å²) in [4.78, 5) is 24.2. The average Bonchev–Trinajstić information content (AvgIpc) is 2.49. The van der Waals surface area contributed by atoms with Gasteiger partial charge in [-0.25, -0.2) is 4.79 Å². The van der Waals surface area contributed by atoms with Crippen LogP contribution in [0.3, 0.4) is 0 Å². The molecule has 0 atom stereocenters. The Balaban J connectivity index is 2.38. The Hall–Kier alpha value is -2.14. The lowest BCUT2D eigenvalue weighted by atomic mass is 10.1. The van der Waals surface area contributed by atoms with Gasteiger partial charge in [0.2, 0.25) is 0 Å². The molecule has 0 amide bonds. The van der Waals surface area contributed by atoms with Crippen LogP contribution >= 0.6 is 15.9 Å². The maximum Gasteiger partial charge on any atom is 0.347 e. The Morgan fingerprint density at radius 2 is 1.78 bits per heavy atom. The van der Waals surface area contributed by atoms with E-state index < -0.39 is 5.97 Å². The summed E-state index contributed by atoms with van der Waals surface area (Å²) in [5.41, 5.74) is 1.58. The number of carbonyl (C=O) groups is 2. The van der Waals surface area contributed by atoms with E-state index in [4.69, 9.17) is 9.47 Å². The minimum Gasteiger partial charge on any atom is -0.493 e. The second kappa shape index (κ2) is 7.42. The number of benzene rings is 2. The third-order valence-electron chi connectivity index (χ3n) is 3.18. The van der Waals surface area contributed by atoms with Crippen molar-refractivity contribution in [1.29, 1.82) is 0 Å². The molecular weight excluding hydrogens is 360 g/mol. The molecule has 2 rings (SSSR count). The van der Waals surface area contributed by atoms with Crippen molar-refractivity contribution in [3.8, 4) is 11.5 Å².